The van der Waals surface area contributed by atoms with Gasteiger partial charge in [-0.2, -0.15) is 0 Å². The quantitative estimate of drug-likeness (QED) is 0.744. The van der Waals surface area contributed by atoms with Crippen LogP contribution in [0.1, 0.15) is 9.67 Å². The maximum atomic E-state index is 12.7. The smallest absolute Gasteiger partial charge is 0.258 e. The standard InChI is InChI=1S/C9H6FNOS/c10-6-2-1-5-3-8(9(11)12)13-7(5)4-6/h1-4H,(H2,11,12). The van der Waals surface area contributed by atoms with Gasteiger partial charge in [-0.05, 0) is 23.6 Å². The average molecular weight is 195 g/mol. The van der Waals surface area contributed by atoms with Gasteiger partial charge in [-0.3, -0.25) is 4.79 Å². The van der Waals surface area contributed by atoms with E-state index >= 15 is 0 Å². The van der Waals surface area contributed by atoms with Gasteiger partial charge in [-0.25, -0.2) is 4.39 Å². The van der Waals surface area contributed by atoms with Crippen molar-refractivity contribution in [3.63, 3.8) is 0 Å². The summed E-state index contributed by atoms with van der Waals surface area (Å²) in [5, 5.41) is 0.847. The summed E-state index contributed by atoms with van der Waals surface area (Å²) in [6.45, 7) is 0. The number of thiophene rings is 1. The molecule has 13 heavy (non-hydrogen) atoms. The highest BCUT2D eigenvalue weighted by atomic mass is 32.1. The van der Waals surface area contributed by atoms with E-state index in [1.807, 2.05) is 0 Å². The molecule has 1 amide bonds. The molecule has 0 radical (unpaired) electrons. The van der Waals surface area contributed by atoms with Crippen molar-refractivity contribution in [1.82, 2.24) is 0 Å². The first-order chi connectivity index (χ1) is 6.16. The fourth-order valence-electron chi connectivity index (χ4n) is 1.13. The molecule has 2 aromatic rings. The number of amides is 1. The van der Waals surface area contributed by atoms with Gasteiger partial charge in [0.25, 0.3) is 5.91 Å². The van der Waals surface area contributed by atoms with Gasteiger partial charge in [0.15, 0.2) is 0 Å². The number of rotatable bonds is 1. The topological polar surface area (TPSA) is 43.1 Å². The Labute approximate surface area is 77.8 Å². The van der Waals surface area contributed by atoms with Crippen LogP contribution in [0.2, 0.25) is 0 Å². The molecule has 0 aliphatic rings. The Morgan fingerprint density at radius 3 is 2.85 bits per heavy atom. The van der Waals surface area contributed by atoms with E-state index in [1.54, 1.807) is 12.1 Å². The molecule has 2 nitrogen and oxygen atoms in total. The lowest BCUT2D eigenvalue weighted by atomic mass is 10.2. The van der Waals surface area contributed by atoms with Crippen molar-refractivity contribution >= 4 is 27.3 Å². The van der Waals surface area contributed by atoms with E-state index in [9.17, 15) is 9.18 Å². The molecule has 0 saturated carbocycles. The number of carbonyl (C=O) groups is 1. The minimum atomic E-state index is -0.471. The number of carbonyl (C=O) groups excluding carboxylic acids is 1. The van der Waals surface area contributed by atoms with E-state index in [1.165, 1.54) is 23.5 Å². The van der Waals surface area contributed by atoms with Gasteiger partial charge >= 0.3 is 0 Å². The van der Waals surface area contributed by atoms with E-state index in [0.717, 1.165) is 10.1 Å². The van der Waals surface area contributed by atoms with Crippen molar-refractivity contribution < 1.29 is 9.18 Å². The molecule has 4 heteroatoms. The van der Waals surface area contributed by atoms with Crippen LogP contribution in [0, 0.1) is 5.82 Å². The first-order valence-corrected chi connectivity index (χ1v) is 4.47. The molecule has 0 saturated heterocycles. The number of hydrogen-bond donors (Lipinski definition) is 1. The summed E-state index contributed by atoms with van der Waals surface area (Å²) in [5.74, 6) is -0.771. The van der Waals surface area contributed by atoms with Gasteiger partial charge in [0.05, 0.1) is 4.88 Å². The summed E-state index contributed by atoms with van der Waals surface area (Å²) < 4.78 is 13.5. The molecule has 0 atom stereocenters. The molecule has 2 rings (SSSR count). The van der Waals surface area contributed by atoms with Crippen molar-refractivity contribution in [2.24, 2.45) is 5.73 Å². The van der Waals surface area contributed by atoms with Crippen LogP contribution in [-0.2, 0) is 0 Å². The molecular formula is C9H6FNOS. The molecule has 0 unspecified atom stereocenters. The highest BCUT2D eigenvalue weighted by Gasteiger charge is 2.06. The van der Waals surface area contributed by atoms with Gasteiger partial charge in [-0.1, -0.05) is 6.07 Å². The summed E-state index contributed by atoms with van der Waals surface area (Å²) in [6.07, 6.45) is 0. The predicted octanol–water partition coefficient (Wildman–Crippen LogP) is 2.14. The Kier molecular flexibility index (Phi) is 1.77. The third kappa shape index (κ3) is 1.40. The molecule has 0 aliphatic carbocycles. The molecule has 1 heterocycles. The van der Waals surface area contributed by atoms with Gasteiger partial charge in [0, 0.05) is 4.70 Å². The summed E-state index contributed by atoms with van der Waals surface area (Å²) in [5.41, 5.74) is 5.09. The molecular weight excluding hydrogens is 189 g/mol. The molecule has 0 spiro atoms. The first-order valence-electron chi connectivity index (χ1n) is 3.66. The SMILES string of the molecule is NC(=O)c1cc2ccc(F)cc2s1. The van der Waals surface area contributed by atoms with E-state index in [4.69, 9.17) is 5.73 Å². The van der Waals surface area contributed by atoms with E-state index < -0.39 is 5.91 Å². The van der Waals surface area contributed by atoms with Crippen molar-refractivity contribution in [2.75, 3.05) is 0 Å². The van der Waals surface area contributed by atoms with Crippen molar-refractivity contribution in [2.45, 2.75) is 0 Å². The van der Waals surface area contributed by atoms with Crippen LogP contribution in [0.3, 0.4) is 0 Å². The molecule has 2 N–H and O–H groups in total. The van der Waals surface area contributed by atoms with Gasteiger partial charge in [0.2, 0.25) is 0 Å². The minimum absolute atomic E-state index is 0.301. The predicted molar refractivity (Wildman–Crippen MR) is 50.3 cm³/mol. The number of fused-ring (bicyclic) bond motifs is 1. The zero-order valence-corrected chi connectivity index (χ0v) is 7.40. The second-order valence-corrected chi connectivity index (χ2v) is 3.74. The minimum Gasteiger partial charge on any atom is -0.365 e. The van der Waals surface area contributed by atoms with E-state index in [-0.39, 0.29) is 5.82 Å². The van der Waals surface area contributed by atoms with E-state index in [2.05, 4.69) is 0 Å². The molecule has 0 aliphatic heterocycles. The van der Waals surface area contributed by atoms with Crippen LogP contribution >= 0.6 is 11.3 Å². The molecule has 1 aromatic heterocycles. The van der Waals surface area contributed by atoms with Crippen LogP contribution in [0.4, 0.5) is 4.39 Å². The first kappa shape index (κ1) is 8.19. The monoisotopic (exact) mass is 195 g/mol. The Morgan fingerprint density at radius 1 is 1.38 bits per heavy atom. The maximum Gasteiger partial charge on any atom is 0.258 e. The molecule has 1 aromatic carbocycles. The Hall–Kier alpha value is -1.42. The largest absolute Gasteiger partial charge is 0.365 e. The lowest BCUT2D eigenvalue weighted by Gasteiger charge is -1.86. The van der Waals surface area contributed by atoms with Crippen LogP contribution in [0.5, 0.6) is 0 Å². The average Bonchev–Trinajstić information content (AvgIpc) is 2.46. The molecule has 66 valence electrons. The summed E-state index contributed by atoms with van der Waals surface area (Å²) in [4.78, 5) is 11.3. The fraction of sp³-hybridized carbons (Fsp3) is 0. The molecule has 0 fully saturated rings. The summed E-state index contributed by atoms with van der Waals surface area (Å²) in [6, 6.07) is 6.06. The second-order valence-electron chi connectivity index (χ2n) is 2.66. The molecule has 0 bridgehead atoms. The second kappa shape index (κ2) is 2.81. The van der Waals surface area contributed by atoms with Crippen molar-refractivity contribution in [3.05, 3.63) is 35.0 Å². The normalized spacial score (nSPS) is 10.5. The van der Waals surface area contributed by atoms with Crippen LogP contribution in [0.15, 0.2) is 24.3 Å². The third-order valence-electron chi connectivity index (χ3n) is 1.72. The van der Waals surface area contributed by atoms with Crippen LogP contribution in [0.25, 0.3) is 10.1 Å². The van der Waals surface area contributed by atoms with Crippen molar-refractivity contribution in [1.29, 1.82) is 0 Å². The lowest BCUT2D eigenvalue weighted by molar-refractivity contribution is 0.100. The summed E-state index contributed by atoms with van der Waals surface area (Å²) >= 11 is 1.20. The number of primary amides is 1. The maximum absolute atomic E-state index is 12.7. The third-order valence-corrected chi connectivity index (χ3v) is 2.84. The number of halogens is 1. The van der Waals surface area contributed by atoms with Gasteiger partial charge < -0.3 is 5.73 Å². The van der Waals surface area contributed by atoms with E-state index in [0.29, 0.717) is 4.88 Å². The van der Waals surface area contributed by atoms with Crippen LogP contribution < -0.4 is 5.73 Å². The fourth-order valence-corrected chi connectivity index (χ4v) is 2.07. The summed E-state index contributed by atoms with van der Waals surface area (Å²) in [7, 11) is 0. The number of hydrogen-bond acceptors (Lipinski definition) is 2. The highest BCUT2D eigenvalue weighted by molar-refractivity contribution is 7.20. The number of nitrogens with two attached hydrogens (primary N) is 1. The zero-order chi connectivity index (χ0) is 9.42. The van der Waals surface area contributed by atoms with Crippen molar-refractivity contribution in [3.8, 4) is 0 Å². The van der Waals surface area contributed by atoms with Gasteiger partial charge in [0.1, 0.15) is 5.82 Å². The Balaban J connectivity index is 2.68. The Bertz CT molecular complexity index is 477. The number of benzene rings is 1. The van der Waals surface area contributed by atoms with Crippen LogP contribution in [-0.4, -0.2) is 5.91 Å². The highest BCUT2D eigenvalue weighted by Crippen LogP contribution is 2.25. The zero-order valence-electron chi connectivity index (χ0n) is 6.58. The lowest BCUT2D eigenvalue weighted by Crippen LogP contribution is -2.07. The van der Waals surface area contributed by atoms with Gasteiger partial charge in [-0.15, -0.1) is 11.3 Å². The Morgan fingerprint density at radius 2 is 2.15 bits per heavy atom.